The van der Waals surface area contributed by atoms with Crippen molar-refractivity contribution in [1.82, 2.24) is 10.6 Å². The summed E-state index contributed by atoms with van der Waals surface area (Å²) in [6, 6.07) is 8.88. The van der Waals surface area contributed by atoms with Gasteiger partial charge in [-0.1, -0.05) is 58.9 Å². The fourth-order valence-electron chi connectivity index (χ4n) is 3.07. The van der Waals surface area contributed by atoms with Crippen LogP contribution < -0.4 is 10.6 Å². The molecule has 0 spiro atoms. The van der Waals surface area contributed by atoms with Gasteiger partial charge in [0.1, 0.15) is 0 Å². The molecule has 1 fully saturated rings. The Morgan fingerprint density at radius 2 is 1.70 bits per heavy atom. The second-order valence-corrected chi connectivity index (χ2v) is 7.41. The first-order chi connectivity index (χ1) is 10.9. The van der Waals surface area contributed by atoms with Crippen LogP contribution in [0.1, 0.15) is 64.1 Å². The van der Waals surface area contributed by atoms with Crippen LogP contribution in [-0.2, 0) is 4.79 Å². The van der Waals surface area contributed by atoms with Gasteiger partial charge in [0, 0.05) is 5.92 Å². The van der Waals surface area contributed by atoms with Crippen molar-refractivity contribution < 1.29 is 4.79 Å². The summed E-state index contributed by atoms with van der Waals surface area (Å²) < 4.78 is 0. The summed E-state index contributed by atoms with van der Waals surface area (Å²) in [5, 5.41) is 6.52. The lowest BCUT2D eigenvalue weighted by Gasteiger charge is -2.33. The zero-order valence-corrected chi connectivity index (χ0v) is 15.2. The van der Waals surface area contributed by atoms with Gasteiger partial charge in [0.2, 0.25) is 5.91 Å². The second kappa shape index (κ2) is 7.96. The van der Waals surface area contributed by atoms with Crippen molar-refractivity contribution in [1.29, 1.82) is 0 Å². The number of hydrogen-bond acceptors (Lipinski definition) is 2. The van der Waals surface area contributed by atoms with Crippen LogP contribution in [-0.4, -0.2) is 19.0 Å². The van der Waals surface area contributed by atoms with E-state index in [0.29, 0.717) is 17.8 Å². The number of carbonyl (C=O) groups is 1. The van der Waals surface area contributed by atoms with E-state index in [1.165, 1.54) is 11.1 Å². The minimum atomic E-state index is 0.0805. The summed E-state index contributed by atoms with van der Waals surface area (Å²) in [5.41, 5.74) is 2.58. The third-order valence-electron chi connectivity index (χ3n) is 5.38. The maximum Gasteiger partial charge on any atom is 0.223 e. The van der Waals surface area contributed by atoms with Crippen LogP contribution in [0.2, 0.25) is 0 Å². The largest absolute Gasteiger partial charge is 0.349 e. The summed E-state index contributed by atoms with van der Waals surface area (Å²) in [6.07, 6.45) is 1.15. The highest BCUT2D eigenvalue weighted by atomic mass is 16.1. The van der Waals surface area contributed by atoms with E-state index in [9.17, 15) is 4.79 Å². The average molecular weight is 316 g/mol. The first-order valence-electron chi connectivity index (χ1n) is 9.05. The Morgan fingerprint density at radius 1 is 1.13 bits per heavy atom. The lowest BCUT2D eigenvalue weighted by molar-refractivity contribution is -0.127. The lowest BCUT2D eigenvalue weighted by atomic mass is 9.87. The second-order valence-electron chi connectivity index (χ2n) is 7.41. The Balaban J connectivity index is 2.07. The van der Waals surface area contributed by atoms with Crippen molar-refractivity contribution in [2.75, 3.05) is 13.1 Å². The highest BCUT2D eigenvalue weighted by Crippen LogP contribution is 2.26. The monoisotopic (exact) mass is 316 g/mol. The third kappa shape index (κ3) is 4.35. The van der Waals surface area contributed by atoms with E-state index in [0.717, 1.165) is 19.5 Å². The van der Waals surface area contributed by atoms with Gasteiger partial charge in [-0.15, -0.1) is 0 Å². The van der Waals surface area contributed by atoms with Crippen molar-refractivity contribution in [3.8, 4) is 0 Å². The molecule has 1 heterocycles. The molecule has 3 nitrogen and oxygen atoms in total. The van der Waals surface area contributed by atoms with Crippen molar-refractivity contribution in [2.24, 2.45) is 17.8 Å². The Kier molecular flexibility index (Phi) is 6.23. The summed E-state index contributed by atoms with van der Waals surface area (Å²) in [4.78, 5) is 12.5. The zero-order chi connectivity index (χ0) is 17.0. The van der Waals surface area contributed by atoms with Crippen LogP contribution in [0.5, 0.6) is 0 Å². The van der Waals surface area contributed by atoms with Crippen LogP contribution in [0, 0.1) is 17.8 Å². The SMILES string of the molecule is CCC(C)c1ccc(C(NC(=O)C(C)C2CNC2)C(C)C)cc1. The van der Waals surface area contributed by atoms with Gasteiger partial charge < -0.3 is 10.6 Å². The molecular formula is C20H32N2O. The van der Waals surface area contributed by atoms with E-state index >= 15 is 0 Å². The molecular weight excluding hydrogens is 284 g/mol. The topological polar surface area (TPSA) is 41.1 Å². The highest BCUT2D eigenvalue weighted by Gasteiger charge is 2.30. The molecule has 2 rings (SSSR count). The molecule has 0 aromatic heterocycles. The maximum atomic E-state index is 12.5. The number of benzene rings is 1. The quantitative estimate of drug-likeness (QED) is 0.802. The van der Waals surface area contributed by atoms with Gasteiger partial charge in [0.25, 0.3) is 0 Å². The van der Waals surface area contributed by atoms with Crippen molar-refractivity contribution in [2.45, 2.75) is 53.0 Å². The summed E-state index contributed by atoms with van der Waals surface area (Å²) in [5.74, 6) is 1.70. The van der Waals surface area contributed by atoms with E-state index in [2.05, 4.69) is 62.6 Å². The molecule has 0 saturated carbocycles. The first-order valence-corrected chi connectivity index (χ1v) is 9.05. The maximum absolute atomic E-state index is 12.5. The van der Waals surface area contributed by atoms with Gasteiger partial charge in [-0.25, -0.2) is 0 Å². The normalized spacial score (nSPS) is 19.0. The van der Waals surface area contributed by atoms with Gasteiger partial charge in [0.05, 0.1) is 6.04 Å². The number of rotatable bonds is 7. The molecule has 1 aromatic rings. The standard InChI is InChI=1S/C20H32N2O/c1-6-14(4)16-7-9-17(10-8-16)19(13(2)3)22-20(23)15(5)18-11-21-12-18/h7-10,13-15,18-19,21H,6,11-12H2,1-5H3,(H,22,23). The van der Waals surface area contributed by atoms with E-state index in [1.54, 1.807) is 0 Å². The summed E-state index contributed by atoms with van der Waals surface area (Å²) in [7, 11) is 0. The van der Waals surface area contributed by atoms with Gasteiger partial charge >= 0.3 is 0 Å². The molecule has 3 heteroatoms. The fraction of sp³-hybridized carbons (Fsp3) is 0.650. The van der Waals surface area contributed by atoms with E-state index in [4.69, 9.17) is 0 Å². The van der Waals surface area contributed by atoms with E-state index in [1.807, 2.05) is 6.92 Å². The lowest BCUT2D eigenvalue weighted by Crippen LogP contribution is -2.50. The average Bonchev–Trinajstić information content (AvgIpc) is 2.49. The predicted octanol–water partition coefficient (Wildman–Crippen LogP) is 3.87. The van der Waals surface area contributed by atoms with Crippen molar-refractivity contribution in [3.63, 3.8) is 0 Å². The van der Waals surface area contributed by atoms with Crippen LogP contribution in [0.3, 0.4) is 0 Å². The minimum Gasteiger partial charge on any atom is -0.349 e. The van der Waals surface area contributed by atoms with Crippen molar-refractivity contribution >= 4 is 5.91 Å². The molecule has 0 bridgehead atoms. The Bertz CT molecular complexity index is 505. The summed E-state index contributed by atoms with van der Waals surface area (Å²) >= 11 is 0. The molecule has 23 heavy (non-hydrogen) atoms. The number of amides is 1. The van der Waals surface area contributed by atoms with Crippen molar-refractivity contribution in [3.05, 3.63) is 35.4 Å². The predicted molar refractivity (Wildman–Crippen MR) is 96.4 cm³/mol. The molecule has 0 radical (unpaired) electrons. The number of hydrogen-bond donors (Lipinski definition) is 2. The molecule has 1 aromatic carbocycles. The number of nitrogens with one attached hydrogen (secondary N) is 2. The van der Waals surface area contributed by atoms with Gasteiger partial charge in [-0.2, -0.15) is 0 Å². The Hall–Kier alpha value is -1.35. The molecule has 3 unspecified atom stereocenters. The third-order valence-corrected chi connectivity index (χ3v) is 5.38. The smallest absolute Gasteiger partial charge is 0.223 e. The van der Waals surface area contributed by atoms with Gasteiger partial charge in [0.15, 0.2) is 0 Å². The molecule has 2 N–H and O–H groups in total. The molecule has 1 saturated heterocycles. The number of carbonyl (C=O) groups excluding carboxylic acids is 1. The van der Waals surface area contributed by atoms with Crippen LogP contribution in [0.25, 0.3) is 0 Å². The molecule has 1 aliphatic rings. The van der Waals surface area contributed by atoms with Crippen LogP contribution in [0.4, 0.5) is 0 Å². The summed E-state index contributed by atoms with van der Waals surface area (Å²) in [6.45, 7) is 12.8. The van der Waals surface area contributed by atoms with Gasteiger partial charge in [-0.3, -0.25) is 4.79 Å². The first kappa shape index (κ1) is 18.0. The molecule has 128 valence electrons. The minimum absolute atomic E-state index is 0.0805. The van der Waals surface area contributed by atoms with E-state index in [-0.39, 0.29) is 17.9 Å². The molecule has 1 amide bonds. The fourth-order valence-corrected chi connectivity index (χ4v) is 3.07. The zero-order valence-electron chi connectivity index (χ0n) is 15.2. The van der Waals surface area contributed by atoms with E-state index < -0.39 is 0 Å². The van der Waals surface area contributed by atoms with Crippen LogP contribution >= 0.6 is 0 Å². The Morgan fingerprint density at radius 3 is 2.13 bits per heavy atom. The highest BCUT2D eigenvalue weighted by molar-refractivity contribution is 5.79. The molecule has 1 aliphatic heterocycles. The molecule has 0 aliphatic carbocycles. The van der Waals surface area contributed by atoms with Gasteiger partial charge in [-0.05, 0) is 48.4 Å². The Labute approximate surface area is 141 Å². The molecule has 3 atom stereocenters. The van der Waals surface area contributed by atoms with Crippen LogP contribution in [0.15, 0.2) is 24.3 Å².